The van der Waals surface area contributed by atoms with Crippen LogP contribution in [0.25, 0.3) is 10.9 Å². The number of aryl methyl sites for hydroxylation is 1. The van der Waals surface area contributed by atoms with Crippen LogP contribution in [0.15, 0.2) is 53.6 Å². The third kappa shape index (κ3) is 2.88. The lowest BCUT2D eigenvalue weighted by Gasteiger charge is -2.06. The molecule has 0 spiro atoms. The number of benzene rings is 2. The van der Waals surface area contributed by atoms with Crippen LogP contribution in [0, 0.1) is 6.92 Å². The molecule has 4 nitrogen and oxygen atoms in total. The number of halogens is 1. The van der Waals surface area contributed by atoms with Gasteiger partial charge < -0.3 is 4.98 Å². The normalized spacial score (nSPS) is 11.9. The van der Waals surface area contributed by atoms with Gasteiger partial charge in [-0.05, 0) is 36.2 Å². The summed E-state index contributed by atoms with van der Waals surface area (Å²) in [5, 5.41) is 1.69. The maximum Gasteiger partial charge on any atom is 0.256 e. The highest BCUT2D eigenvalue weighted by molar-refractivity contribution is 7.89. The predicted octanol–water partition coefficient (Wildman–Crippen LogP) is 3.61. The maximum atomic E-state index is 12.5. The van der Waals surface area contributed by atoms with Gasteiger partial charge in [-0.25, -0.2) is 13.1 Å². The molecule has 0 fully saturated rings. The van der Waals surface area contributed by atoms with Crippen LogP contribution in [-0.4, -0.2) is 13.4 Å². The van der Waals surface area contributed by atoms with Crippen LogP contribution in [0.4, 0.5) is 0 Å². The zero-order chi connectivity index (χ0) is 15.7. The van der Waals surface area contributed by atoms with Crippen molar-refractivity contribution in [2.24, 2.45) is 0 Å². The van der Waals surface area contributed by atoms with E-state index < -0.39 is 10.0 Å². The number of aromatic nitrogens is 1. The van der Waals surface area contributed by atoms with Crippen LogP contribution >= 0.6 is 11.6 Å². The molecular weight excluding hydrogens is 320 g/mol. The Morgan fingerprint density at radius 1 is 1.14 bits per heavy atom. The number of hydrogen-bond donors (Lipinski definition) is 2. The van der Waals surface area contributed by atoms with Crippen LogP contribution in [0.2, 0.25) is 5.02 Å². The van der Waals surface area contributed by atoms with Gasteiger partial charge in [0.1, 0.15) is 0 Å². The molecule has 0 saturated heterocycles. The van der Waals surface area contributed by atoms with E-state index in [0.717, 1.165) is 16.5 Å². The molecule has 3 rings (SSSR count). The molecule has 0 unspecified atom stereocenters. The maximum absolute atomic E-state index is 12.5. The van der Waals surface area contributed by atoms with Gasteiger partial charge in [-0.15, -0.1) is 0 Å². The zero-order valence-corrected chi connectivity index (χ0v) is 13.5. The summed E-state index contributed by atoms with van der Waals surface area (Å²) in [5.41, 5.74) is 2.34. The lowest BCUT2D eigenvalue weighted by molar-refractivity contribution is 0.577. The molecule has 22 heavy (non-hydrogen) atoms. The second kappa shape index (κ2) is 5.76. The number of hydrogen-bond acceptors (Lipinski definition) is 2. The van der Waals surface area contributed by atoms with Crippen LogP contribution in [0.5, 0.6) is 0 Å². The van der Waals surface area contributed by atoms with E-state index in [1.807, 2.05) is 30.3 Å². The highest BCUT2D eigenvalue weighted by atomic mass is 35.5. The molecule has 114 valence electrons. The number of sulfonamides is 1. The Balaban J connectivity index is 1.90. The van der Waals surface area contributed by atoms with E-state index in [2.05, 4.69) is 9.71 Å². The van der Waals surface area contributed by atoms with Crippen molar-refractivity contribution in [3.05, 3.63) is 64.7 Å². The summed E-state index contributed by atoms with van der Waals surface area (Å²) < 4.78 is 27.6. The van der Waals surface area contributed by atoms with E-state index in [1.54, 1.807) is 25.1 Å². The molecule has 3 aromatic rings. The van der Waals surface area contributed by atoms with Gasteiger partial charge in [0.05, 0.1) is 0 Å². The summed E-state index contributed by atoms with van der Waals surface area (Å²) in [5.74, 6) is 0. The largest absolute Gasteiger partial charge is 0.344 e. The first kappa shape index (κ1) is 15.1. The molecule has 0 aliphatic heterocycles. The van der Waals surface area contributed by atoms with E-state index in [0.29, 0.717) is 10.6 Å². The Hall–Kier alpha value is -1.82. The fourth-order valence-electron chi connectivity index (χ4n) is 2.42. The minimum atomic E-state index is -3.61. The lowest BCUT2D eigenvalue weighted by Crippen LogP contribution is -2.24. The number of fused-ring (bicyclic) bond motifs is 1. The zero-order valence-electron chi connectivity index (χ0n) is 11.9. The first-order valence-corrected chi connectivity index (χ1v) is 8.65. The first-order chi connectivity index (χ1) is 10.5. The van der Waals surface area contributed by atoms with Crippen molar-refractivity contribution in [2.45, 2.75) is 18.5 Å². The Bertz CT molecular complexity index is 932. The summed E-state index contributed by atoms with van der Waals surface area (Å²) >= 11 is 5.91. The summed E-state index contributed by atoms with van der Waals surface area (Å²) in [6, 6.07) is 14.6. The molecule has 0 saturated carbocycles. The Morgan fingerprint density at radius 2 is 1.91 bits per heavy atom. The summed E-state index contributed by atoms with van der Waals surface area (Å²) in [6.07, 6.45) is 0. The van der Waals surface area contributed by atoms with E-state index in [-0.39, 0.29) is 11.6 Å². The van der Waals surface area contributed by atoms with Gasteiger partial charge in [0, 0.05) is 22.5 Å². The molecule has 1 aromatic heterocycles. The number of rotatable bonds is 4. The van der Waals surface area contributed by atoms with Crippen molar-refractivity contribution in [1.82, 2.24) is 9.71 Å². The van der Waals surface area contributed by atoms with Crippen molar-refractivity contribution in [1.29, 1.82) is 0 Å². The molecule has 0 bridgehead atoms. The standard InChI is InChI=1S/C16H15ClN2O2S/c1-11-14-7-2-3-8-15(14)19-16(11)22(20,21)18-10-12-5-4-6-13(17)9-12/h2-9,18-19H,10H2,1H3. The number of nitrogens with one attached hydrogen (secondary N) is 2. The fraction of sp³-hybridized carbons (Fsp3) is 0.125. The molecule has 1 heterocycles. The van der Waals surface area contributed by atoms with Crippen LogP contribution in [0.1, 0.15) is 11.1 Å². The SMILES string of the molecule is Cc1c(S(=O)(=O)NCc2cccc(Cl)c2)[nH]c2ccccc12. The van der Waals surface area contributed by atoms with Crippen molar-refractivity contribution < 1.29 is 8.42 Å². The van der Waals surface area contributed by atoms with Crippen molar-refractivity contribution >= 4 is 32.5 Å². The molecule has 0 atom stereocenters. The second-order valence-corrected chi connectivity index (χ2v) is 7.22. The summed E-state index contributed by atoms with van der Waals surface area (Å²) in [6.45, 7) is 1.99. The lowest BCUT2D eigenvalue weighted by atomic mass is 10.2. The second-order valence-electron chi connectivity index (χ2n) is 5.08. The van der Waals surface area contributed by atoms with Gasteiger partial charge in [-0.1, -0.05) is 41.9 Å². The average molecular weight is 335 g/mol. The molecular formula is C16H15ClN2O2S. The Morgan fingerprint density at radius 3 is 2.64 bits per heavy atom. The summed E-state index contributed by atoms with van der Waals surface area (Å²) in [7, 11) is -3.61. The van der Waals surface area contributed by atoms with Gasteiger partial charge in [0.2, 0.25) is 0 Å². The minimum Gasteiger partial charge on any atom is -0.344 e. The number of aromatic amines is 1. The first-order valence-electron chi connectivity index (χ1n) is 6.79. The van der Waals surface area contributed by atoms with Crippen LogP contribution in [0.3, 0.4) is 0 Å². The molecule has 6 heteroatoms. The van der Waals surface area contributed by atoms with E-state index in [9.17, 15) is 8.42 Å². The van der Waals surface area contributed by atoms with Gasteiger partial charge >= 0.3 is 0 Å². The van der Waals surface area contributed by atoms with Crippen LogP contribution < -0.4 is 4.72 Å². The topological polar surface area (TPSA) is 62.0 Å². The van der Waals surface area contributed by atoms with Crippen molar-refractivity contribution in [3.63, 3.8) is 0 Å². The number of H-pyrrole nitrogens is 1. The van der Waals surface area contributed by atoms with Gasteiger partial charge in [0.25, 0.3) is 10.0 Å². The monoisotopic (exact) mass is 334 g/mol. The summed E-state index contributed by atoms with van der Waals surface area (Å²) in [4.78, 5) is 2.98. The molecule has 0 radical (unpaired) electrons. The highest BCUT2D eigenvalue weighted by Gasteiger charge is 2.20. The quantitative estimate of drug-likeness (QED) is 0.765. The molecule has 2 aromatic carbocycles. The van der Waals surface area contributed by atoms with E-state index >= 15 is 0 Å². The average Bonchev–Trinajstić information content (AvgIpc) is 2.84. The van der Waals surface area contributed by atoms with Gasteiger partial charge in [-0.3, -0.25) is 0 Å². The predicted molar refractivity (Wildman–Crippen MR) is 88.5 cm³/mol. The van der Waals surface area contributed by atoms with Gasteiger partial charge in [0.15, 0.2) is 5.03 Å². The Labute approximate surface area is 134 Å². The van der Waals surface area contributed by atoms with Crippen LogP contribution in [-0.2, 0) is 16.6 Å². The molecule has 0 aliphatic carbocycles. The van der Waals surface area contributed by atoms with Gasteiger partial charge in [-0.2, -0.15) is 0 Å². The molecule has 0 amide bonds. The van der Waals surface area contributed by atoms with E-state index in [1.165, 1.54) is 0 Å². The van der Waals surface area contributed by atoms with E-state index in [4.69, 9.17) is 11.6 Å². The smallest absolute Gasteiger partial charge is 0.256 e. The Kier molecular flexibility index (Phi) is 3.95. The molecule has 0 aliphatic rings. The highest BCUT2D eigenvalue weighted by Crippen LogP contribution is 2.24. The minimum absolute atomic E-state index is 0.192. The molecule has 2 N–H and O–H groups in total. The van der Waals surface area contributed by atoms with Crippen molar-refractivity contribution in [2.75, 3.05) is 0 Å². The third-order valence-corrected chi connectivity index (χ3v) is 5.25. The number of para-hydroxylation sites is 1. The fourth-order valence-corrected chi connectivity index (χ4v) is 3.89. The third-order valence-electron chi connectivity index (χ3n) is 3.54. The van der Waals surface area contributed by atoms with Crippen molar-refractivity contribution in [3.8, 4) is 0 Å².